The van der Waals surface area contributed by atoms with Crippen molar-refractivity contribution in [1.29, 1.82) is 0 Å². The van der Waals surface area contributed by atoms with E-state index in [2.05, 4.69) is 51.9 Å². The summed E-state index contributed by atoms with van der Waals surface area (Å²) >= 11 is 0. The molecule has 1 aliphatic rings. The Morgan fingerprint density at radius 1 is 1.04 bits per heavy atom. The molecule has 0 saturated carbocycles. The summed E-state index contributed by atoms with van der Waals surface area (Å²) in [5.74, 6) is 0.872. The summed E-state index contributed by atoms with van der Waals surface area (Å²) in [5.41, 5.74) is 6.05. The van der Waals surface area contributed by atoms with Gasteiger partial charge < -0.3 is 10.1 Å². The maximum atomic E-state index is 5.26. The van der Waals surface area contributed by atoms with Gasteiger partial charge >= 0.3 is 0 Å². The van der Waals surface area contributed by atoms with Crippen LogP contribution >= 0.6 is 0 Å². The number of fused-ring (bicyclic) bond motifs is 1. The van der Waals surface area contributed by atoms with E-state index in [4.69, 9.17) is 4.74 Å². The van der Waals surface area contributed by atoms with Gasteiger partial charge in [-0.25, -0.2) is 0 Å². The molecule has 0 fully saturated rings. The molecule has 120 valence electrons. The molecule has 0 saturated heterocycles. The molecule has 4 rings (SSSR count). The topological polar surface area (TPSA) is 47.0 Å². The standard InChI is InChI=1S/C20H19N3O/c1-24-16-8-6-14(7-9-16)17-4-2-3-5-18(17)20-12-19-15(13-21-20)10-11-22-23-19/h2-11,20-21H,12-13H2,1H3. The van der Waals surface area contributed by atoms with Crippen LogP contribution in [0.1, 0.15) is 22.9 Å². The molecule has 0 amide bonds. The lowest BCUT2D eigenvalue weighted by molar-refractivity contribution is 0.415. The van der Waals surface area contributed by atoms with Crippen LogP contribution in [0, 0.1) is 0 Å². The van der Waals surface area contributed by atoms with Crippen molar-refractivity contribution in [2.75, 3.05) is 7.11 Å². The molecule has 1 unspecified atom stereocenters. The Bertz CT molecular complexity index is 846. The number of nitrogens with zero attached hydrogens (tertiary/aromatic N) is 2. The van der Waals surface area contributed by atoms with Crippen LogP contribution in [0.4, 0.5) is 0 Å². The third-order valence-electron chi connectivity index (χ3n) is 4.57. The zero-order valence-corrected chi connectivity index (χ0v) is 13.6. The van der Waals surface area contributed by atoms with Gasteiger partial charge in [-0.05, 0) is 40.5 Å². The fourth-order valence-electron chi connectivity index (χ4n) is 3.27. The van der Waals surface area contributed by atoms with E-state index >= 15 is 0 Å². The number of methoxy groups -OCH3 is 1. The van der Waals surface area contributed by atoms with Gasteiger partial charge in [-0.2, -0.15) is 10.2 Å². The molecule has 2 aromatic carbocycles. The van der Waals surface area contributed by atoms with Crippen molar-refractivity contribution >= 4 is 0 Å². The molecular weight excluding hydrogens is 298 g/mol. The van der Waals surface area contributed by atoms with E-state index < -0.39 is 0 Å². The third kappa shape index (κ3) is 2.76. The van der Waals surface area contributed by atoms with Gasteiger partial charge in [0.25, 0.3) is 0 Å². The van der Waals surface area contributed by atoms with E-state index in [-0.39, 0.29) is 6.04 Å². The van der Waals surface area contributed by atoms with Crippen molar-refractivity contribution in [2.24, 2.45) is 0 Å². The minimum atomic E-state index is 0.243. The summed E-state index contributed by atoms with van der Waals surface area (Å²) in [6.45, 7) is 0.826. The number of nitrogens with one attached hydrogen (secondary N) is 1. The predicted molar refractivity (Wildman–Crippen MR) is 93.7 cm³/mol. The molecule has 4 heteroatoms. The van der Waals surface area contributed by atoms with Gasteiger partial charge in [0.1, 0.15) is 5.75 Å². The van der Waals surface area contributed by atoms with Gasteiger partial charge in [0.05, 0.1) is 12.8 Å². The first kappa shape index (κ1) is 14.8. The number of rotatable bonds is 3. The molecule has 2 heterocycles. The van der Waals surface area contributed by atoms with E-state index in [1.807, 2.05) is 18.2 Å². The molecular formula is C20H19N3O. The zero-order valence-electron chi connectivity index (χ0n) is 13.6. The minimum absolute atomic E-state index is 0.243. The van der Waals surface area contributed by atoms with E-state index in [0.29, 0.717) is 0 Å². The molecule has 24 heavy (non-hydrogen) atoms. The molecule has 1 N–H and O–H groups in total. The first-order valence-electron chi connectivity index (χ1n) is 8.11. The van der Waals surface area contributed by atoms with Gasteiger partial charge in [-0.3, -0.25) is 0 Å². The molecule has 1 aliphatic heterocycles. The number of aromatic nitrogens is 2. The second kappa shape index (κ2) is 6.42. The summed E-state index contributed by atoms with van der Waals surface area (Å²) < 4.78 is 5.26. The highest BCUT2D eigenvalue weighted by Crippen LogP contribution is 2.33. The van der Waals surface area contributed by atoms with E-state index in [0.717, 1.165) is 24.4 Å². The lowest BCUT2D eigenvalue weighted by Crippen LogP contribution is -2.29. The summed E-state index contributed by atoms with van der Waals surface area (Å²) in [4.78, 5) is 0. The van der Waals surface area contributed by atoms with Crippen LogP contribution in [-0.2, 0) is 13.0 Å². The Kier molecular flexibility index (Phi) is 3.97. The van der Waals surface area contributed by atoms with Crippen LogP contribution in [0.2, 0.25) is 0 Å². The monoisotopic (exact) mass is 317 g/mol. The van der Waals surface area contributed by atoms with Crippen LogP contribution in [0.25, 0.3) is 11.1 Å². The van der Waals surface area contributed by atoms with E-state index in [9.17, 15) is 0 Å². The largest absolute Gasteiger partial charge is 0.497 e. The van der Waals surface area contributed by atoms with Crippen LogP contribution in [0.3, 0.4) is 0 Å². The highest BCUT2D eigenvalue weighted by Gasteiger charge is 2.22. The van der Waals surface area contributed by atoms with Crippen molar-refractivity contribution in [2.45, 2.75) is 19.0 Å². The maximum Gasteiger partial charge on any atom is 0.118 e. The van der Waals surface area contributed by atoms with Crippen LogP contribution < -0.4 is 10.1 Å². The van der Waals surface area contributed by atoms with Gasteiger partial charge in [-0.15, -0.1) is 0 Å². The smallest absolute Gasteiger partial charge is 0.118 e. The highest BCUT2D eigenvalue weighted by atomic mass is 16.5. The molecule has 3 aromatic rings. The predicted octanol–water partition coefficient (Wildman–Crippen LogP) is 3.54. The normalized spacial score (nSPS) is 16.5. The number of benzene rings is 2. The quantitative estimate of drug-likeness (QED) is 0.802. The maximum absolute atomic E-state index is 5.26. The minimum Gasteiger partial charge on any atom is -0.497 e. The number of ether oxygens (including phenoxy) is 1. The SMILES string of the molecule is COc1ccc(-c2ccccc2C2Cc3nnccc3CN2)cc1. The second-order valence-electron chi connectivity index (χ2n) is 5.96. The Hall–Kier alpha value is -2.72. The molecule has 1 aromatic heterocycles. The van der Waals surface area contributed by atoms with Crippen molar-refractivity contribution in [1.82, 2.24) is 15.5 Å². The average Bonchev–Trinajstić information content (AvgIpc) is 2.68. The lowest BCUT2D eigenvalue weighted by Gasteiger charge is -2.27. The molecule has 4 nitrogen and oxygen atoms in total. The van der Waals surface area contributed by atoms with Crippen molar-refractivity contribution in [3.05, 3.63) is 77.6 Å². The Morgan fingerprint density at radius 3 is 2.71 bits per heavy atom. The van der Waals surface area contributed by atoms with Gasteiger partial charge in [-0.1, -0.05) is 36.4 Å². The fourth-order valence-corrected chi connectivity index (χ4v) is 3.27. The summed E-state index contributed by atoms with van der Waals surface area (Å²) in [6, 6.07) is 19.0. The molecule has 0 bridgehead atoms. The molecule has 0 aliphatic carbocycles. The third-order valence-corrected chi connectivity index (χ3v) is 4.57. The van der Waals surface area contributed by atoms with Crippen molar-refractivity contribution in [3.8, 4) is 16.9 Å². The van der Waals surface area contributed by atoms with E-state index in [1.165, 1.54) is 22.3 Å². The molecule has 0 spiro atoms. The van der Waals surface area contributed by atoms with Gasteiger partial charge in [0.15, 0.2) is 0 Å². The van der Waals surface area contributed by atoms with Crippen LogP contribution in [0.15, 0.2) is 60.8 Å². The molecule has 0 radical (unpaired) electrons. The van der Waals surface area contributed by atoms with E-state index in [1.54, 1.807) is 13.3 Å². The molecule has 1 atom stereocenters. The number of hydrogen-bond donors (Lipinski definition) is 1. The van der Waals surface area contributed by atoms with Crippen LogP contribution in [0.5, 0.6) is 5.75 Å². The summed E-state index contributed by atoms with van der Waals surface area (Å²) in [7, 11) is 1.69. The average molecular weight is 317 g/mol. The Morgan fingerprint density at radius 2 is 1.88 bits per heavy atom. The first-order valence-corrected chi connectivity index (χ1v) is 8.11. The van der Waals surface area contributed by atoms with Gasteiger partial charge in [0.2, 0.25) is 0 Å². The fraction of sp³-hybridized carbons (Fsp3) is 0.200. The number of hydrogen-bond acceptors (Lipinski definition) is 4. The summed E-state index contributed by atoms with van der Waals surface area (Å²) in [6.07, 6.45) is 2.61. The van der Waals surface area contributed by atoms with Crippen molar-refractivity contribution < 1.29 is 4.74 Å². The highest BCUT2D eigenvalue weighted by molar-refractivity contribution is 5.68. The Labute approximate surface area is 141 Å². The van der Waals surface area contributed by atoms with Gasteiger partial charge in [0, 0.05) is 25.2 Å². The summed E-state index contributed by atoms with van der Waals surface area (Å²) in [5, 5.41) is 12.0. The van der Waals surface area contributed by atoms with Crippen molar-refractivity contribution in [3.63, 3.8) is 0 Å². The lowest BCUT2D eigenvalue weighted by atomic mass is 9.90. The Balaban J connectivity index is 1.69. The first-order chi connectivity index (χ1) is 11.8. The zero-order chi connectivity index (χ0) is 16.4. The second-order valence-corrected chi connectivity index (χ2v) is 5.96. The van der Waals surface area contributed by atoms with Crippen LogP contribution in [-0.4, -0.2) is 17.3 Å².